The maximum Gasteiger partial charge on any atom is 0.211 e. The molecule has 1 saturated heterocycles. The fraction of sp³-hybridized carbons (Fsp3) is 0.294. The average Bonchev–Trinajstić information content (AvgIpc) is 3.02. The van der Waals surface area contributed by atoms with Crippen LogP contribution in [0.5, 0.6) is 5.75 Å². The third-order valence-corrected chi connectivity index (χ3v) is 4.15. The molecule has 114 valence electrons. The van der Waals surface area contributed by atoms with Crippen molar-refractivity contribution in [3.8, 4) is 17.0 Å². The summed E-state index contributed by atoms with van der Waals surface area (Å²) < 4.78 is 5.70. The summed E-state index contributed by atoms with van der Waals surface area (Å²) in [4.78, 5) is 9.24. The second-order valence-corrected chi connectivity index (χ2v) is 5.89. The summed E-state index contributed by atoms with van der Waals surface area (Å²) in [6.45, 7) is 5.18. The summed E-state index contributed by atoms with van der Waals surface area (Å²) >= 11 is 1.56. The van der Waals surface area contributed by atoms with Gasteiger partial charge in [0.1, 0.15) is 18.2 Å². The number of hydrogen-bond donors (Lipinski definition) is 1. The number of nitrogens with one attached hydrogen (secondary N) is 1. The Labute approximate surface area is 134 Å². The van der Waals surface area contributed by atoms with E-state index in [0.29, 0.717) is 6.61 Å². The Hall–Kier alpha value is -2.14. The van der Waals surface area contributed by atoms with Crippen LogP contribution in [0.15, 0.2) is 47.3 Å². The molecule has 1 fully saturated rings. The lowest BCUT2D eigenvalue weighted by Crippen LogP contribution is -2.28. The Bertz CT molecular complexity index is 670. The largest absolute Gasteiger partial charge is 0.489 e. The predicted molar refractivity (Wildman–Crippen MR) is 92.2 cm³/mol. The number of amidine groups is 1. The number of para-hydroxylation sites is 1. The van der Waals surface area contributed by atoms with Crippen LogP contribution in [0.2, 0.25) is 0 Å². The number of ether oxygens (including phenoxy) is 1. The number of aliphatic imine (C=N–C) groups is 1. The van der Waals surface area contributed by atoms with Gasteiger partial charge in [0, 0.05) is 23.9 Å². The molecule has 1 aliphatic heterocycles. The minimum absolute atomic E-state index is 0.486. The summed E-state index contributed by atoms with van der Waals surface area (Å²) in [5, 5.41) is 6.15. The lowest BCUT2D eigenvalue weighted by Gasteiger charge is -2.14. The lowest BCUT2D eigenvalue weighted by molar-refractivity contribution is 0.364. The molecule has 0 aliphatic carbocycles. The maximum absolute atomic E-state index is 5.70. The second-order valence-electron chi connectivity index (χ2n) is 5.05. The molecule has 0 spiro atoms. The normalized spacial score (nSPS) is 16.3. The van der Waals surface area contributed by atoms with Crippen molar-refractivity contribution >= 4 is 22.3 Å². The van der Waals surface area contributed by atoms with Crippen LogP contribution in [0.25, 0.3) is 11.3 Å². The zero-order valence-corrected chi connectivity index (χ0v) is 13.2. The molecule has 0 saturated carbocycles. The molecule has 0 bridgehead atoms. The second kappa shape index (κ2) is 7.22. The Morgan fingerprint density at radius 2 is 2.27 bits per heavy atom. The highest BCUT2D eigenvalue weighted by Crippen LogP contribution is 2.33. The summed E-state index contributed by atoms with van der Waals surface area (Å²) in [7, 11) is 0. The van der Waals surface area contributed by atoms with Gasteiger partial charge in [0.15, 0.2) is 0 Å². The van der Waals surface area contributed by atoms with Gasteiger partial charge in [-0.15, -0.1) is 11.3 Å². The molecule has 0 amide bonds. The molecule has 4 nitrogen and oxygen atoms in total. The van der Waals surface area contributed by atoms with Gasteiger partial charge < -0.3 is 10.1 Å². The van der Waals surface area contributed by atoms with E-state index in [9.17, 15) is 0 Å². The van der Waals surface area contributed by atoms with E-state index in [1.54, 1.807) is 17.4 Å². The van der Waals surface area contributed by atoms with Crippen molar-refractivity contribution in [2.24, 2.45) is 4.99 Å². The van der Waals surface area contributed by atoms with Crippen LogP contribution in [0, 0.1) is 0 Å². The van der Waals surface area contributed by atoms with Crippen LogP contribution in [-0.4, -0.2) is 24.0 Å². The number of benzene rings is 1. The van der Waals surface area contributed by atoms with E-state index in [0.717, 1.165) is 40.9 Å². The van der Waals surface area contributed by atoms with Gasteiger partial charge in [0.25, 0.3) is 0 Å². The Morgan fingerprint density at radius 3 is 3.09 bits per heavy atom. The first-order chi connectivity index (χ1) is 10.9. The van der Waals surface area contributed by atoms with Gasteiger partial charge in [0.2, 0.25) is 5.13 Å². The fourth-order valence-corrected chi connectivity index (χ4v) is 3.05. The van der Waals surface area contributed by atoms with E-state index in [-0.39, 0.29) is 0 Å². The summed E-state index contributed by atoms with van der Waals surface area (Å²) in [5.74, 6) is 1.87. The van der Waals surface area contributed by atoms with Gasteiger partial charge in [-0.3, -0.25) is 0 Å². The highest BCUT2D eigenvalue weighted by molar-refractivity contribution is 7.13. The fourth-order valence-electron chi connectivity index (χ4n) is 2.34. The third kappa shape index (κ3) is 3.54. The Balaban J connectivity index is 1.83. The standard InChI is InChI=1S/C17H19N3OS/c1-2-11-21-15-8-4-3-7-13(15)14-12-22-17(19-14)20-16-9-5-6-10-18-16/h2-4,7-8,12H,1,5-6,9-11H2,(H,18,19,20). The first kappa shape index (κ1) is 14.8. The average molecular weight is 313 g/mol. The molecule has 2 heterocycles. The van der Waals surface area contributed by atoms with Crippen LogP contribution in [0.4, 0.5) is 5.13 Å². The first-order valence-corrected chi connectivity index (χ1v) is 8.35. The molecule has 3 rings (SSSR count). The van der Waals surface area contributed by atoms with Gasteiger partial charge in [-0.2, -0.15) is 0 Å². The van der Waals surface area contributed by atoms with E-state index >= 15 is 0 Å². The van der Waals surface area contributed by atoms with E-state index in [1.165, 1.54) is 12.8 Å². The molecular formula is C17H19N3OS. The number of hydrogen-bond acceptors (Lipinski definition) is 4. The van der Waals surface area contributed by atoms with Crippen molar-refractivity contribution in [1.29, 1.82) is 0 Å². The quantitative estimate of drug-likeness (QED) is 0.842. The van der Waals surface area contributed by atoms with Crippen LogP contribution in [0.1, 0.15) is 19.3 Å². The molecule has 1 aliphatic rings. The SMILES string of the molecule is C=CCOc1ccccc1-c1csc(/N=C2/CCCCN2)n1. The van der Waals surface area contributed by atoms with Crippen molar-refractivity contribution in [2.45, 2.75) is 19.3 Å². The van der Waals surface area contributed by atoms with Crippen molar-refractivity contribution in [3.05, 3.63) is 42.3 Å². The summed E-state index contributed by atoms with van der Waals surface area (Å²) in [5.41, 5.74) is 1.89. The zero-order valence-electron chi connectivity index (χ0n) is 12.4. The molecule has 1 N–H and O–H groups in total. The van der Waals surface area contributed by atoms with Crippen LogP contribution < -0.4 is 10.1 Å². The number of nitrogens with zero attached hydrogens (tertiary/aromatic N) is 2. The molecule has 0 atom stereocenters. The van der Waals surface area contributed by atoms with Crippen LogP contribution >= 0.6 is 11.3 Å². The number of thiazole rings is 1. The van der Waals surface area contributed by atoms with Crippen molar-refractivity contribution in [1.82, 2.24) is 10.3 Å². The van der Waals surface area contributed by atoms with E-state index < -0.39 is 0 Å². The van der Waals surface area contributed by atoms with Crippen molar-refractivity contribution < 1.29 is 4.74 Å². The molecule has 0 unspecified atom stereocenters. The molecule has 0 radical (unpaired) electrons. The minimum Gasteiger partial charge on any atom is -0.489 e. The monoisotopic (exact) mass is 313 g/mol. The molecule has 22 heavy (non-hydrogen) atoms. The first-order valence-electron chi connectivity index (χ1n) is 7.47. The zero-order chi connectivity index (χ0) is 15.2. The highest BCUT2D eigenvalue weighted by Gasteiger charge is 2.11. The highest BCUT2D eigenvalue weighted by atomic mass is 32.1. The van der Waals surface area contributed by atoms with E-state index in [2.05, 4.69) is 21.9 Å². The van der Waals surface area contributed by atoms with Crippen LogP contribution in [-0.2, 0) is 0 Å². The minimum atomic E-state index is 0.486. The third-order valence-electron chi connectivity index (χ3n) is 3.41. The number of aromatic nitrogens is 1. The lowest BCUT2D eigenvalue weighted by atomic mass is 10.1. The molecule has 1 aromatic carbocycles. The van der Waals surface area contributed by atoms with Gasteiger partial charge in [-0.25, -0.2) is 9.98 Å². The molecule has 5 heteroatoms. The predicted octanol–water partition coefficient (Wildman–Crippen LogP) is 4.18. The summed E-state index contributed by atoms with van der Waals surface area (Å²) in [6.07, 6.45) is 5.16. The molecule has 2 aromatic rings. The van der Waals surface area contributed by atoms with Crippen LogP contribution in [0.3, 0.4) is 0 Å². The topological polar surface area (TPSA) is 46.5 Å². The molecular weight excluding hydrogens is 294 g/mol. The number of piperidine rings is 1. The van der Waals surface area contributed by atoms with Crippen molar-refractivity contribution in [2.75, 3.05) is 13.2 Å². The van der Waals surface area contributed by atoms with Crippen molar-refractivity contribution in [3.63, 3.8) is 0 Å². The van der Waals surface area contributed by atoms with Gasteiger partial charge in [0.05, 0.1) is 5.69 Å². The summed E-state index contributed by atoms with van der Waals surface area (Å²) in [6, 6.07) is 7.92. The maximum atomic E-state index is 5.70. The van der Waals surface area contributed by atoms with Gasteiger partial charge in [-0.1, -0.05) is 24.8 Å². The van der Waals surface area contributed by atoms with E-state index in [1.807, 2.05) is 29.6 Å². The Morgan fingerprint density at radius 1 is 1.36 bits per heavy atom. The molecule has 1 aromatic heterocycles. The van der Waals surface area contributed by atoms with Gasteiger partial charge in [-0.05, 0) is 25.0 Å². The smallest absolute Gasteiger partial charge is 0.211 e. The van der Waals surface area contributed by atoms with E-state index in [4.69, 9.17) is 4.74 Å². The number of rotatable bonds is 5. The van der Waals surface area contributed by atoms with Gasteiger partial charge >= 0.3 is 0 Å². The Kier molecular flexibility index (Phi) is 4.85.